The molecule has 0 aliphatic heterocycles. The van der Waals surface area contributed by atoms with Crippen molar-refractivity contribution >= 4 is 22.5 Å². The molecule has 2 N–H and O–H groups in total. The minimum Gasteiger partial charge on any atom is -0.324 e. The van der Waals surface area contributed by atoms with E-state index in [9.17, 15) is 9.18 Å². The second-order valence-electron chi connectivity index (χ2n) is 4.78. The number of halogens is 1. The third-order valence-corrected chi connectivity index (χ3v) is 3.33. The van der Waals surface area contributed by atoms with Crippen LogP contribution in [0.25, 0.3) is 10.9 Å². The SMILES string of the molecule is O=C(CCc1ccccc1F)Nc1cccc2cn[nH]c12. The molecule has 1 amide bonds. The molecular formula is C16H14FN3O. The van der Waals surface area contributed by atoms with E-state index in [4.69, 9.17) is 0 Å². The van der Waals surface area contributed by atoms with Crippen molar-refractivity contribution in [2.24, 2.45) is 0 Å². The first-order chi connectivity index (χ1) is 10.2. The molecule has 21 heavy (non-hydrogen) atoms. The van der Waals surface area contributed by atoms with Crippen molar-refractivity contribution in [1.82, 2.24) is 10.2 Å². The van der Waals surface area contributed by atoms with Crippen molar-refractivity contribution in [3.05, 3.63) is 60.0 Å². The number of hydrogen-bond donors (Lipinski definition) is 2. The summed E-state index contributed by atoms with van der Waals surface area (Å²) in [5.74, 6) is -0.429. The van der Waals surface area contributed by atoms with Crippen LogP contribution in [0.4, 0.5) is 10.1 Å². The number of aromatic nitrogens is 2. The summed E-state index contributed by atoms with van der Waals surface area (Å²) in [7, 11) is 0. The Morgan fingerprint density at radius 3 is 2.90 bits per heavy atom. The summed E-state index contributed by atoms with van der Waals surface area (Å²) in [6.45, 7) is 0. The fourth-order valence-corrected chi connectivity index (χ4v) is 2.24. The van der Waals surface area contributed by atoms with Crippen LogP contribution >= 0.6 is 0 Å². The van der Waals surface area contributed by atoms with Gasteiger partial charge in [-0.2, -0.15) is 5.10 Å². The Labute approximate surface area is 121 Å². The van der Waals surface area contributed by atoms with Gasteiger partial charge in [-0.1, -0.05) is 30.3 Å². The molecule has 0 spiro atoms. The summed E-state index contributed by atoms with van der Waals surface area (Å²) in [5, 5.41) is 10.6. The van der Waals surface area contributed by atoms with E-state index in [2.05, 4.69) is 15.5 Å². The number of carbonyl (C=O) groups is 1. The minimum atomic E-state index is -0.277. The molecule has 0 saturated heterocycles. The second kappa shape index (κ2) is 5.75. The van der Waals surface area contributed by atoms with Crippen LogP contribution in [0.15, 0.2) is 48.7 Å². The zero-order valence-electron chi connectivity index (χ0n) is 11.3. The van der Waals surface area contributed by atoms with Gasteiger partial charge in [0.2, 0.25) is 5.91 Å². The zero-order valence-corrected chi connectivity index (χ0v) is 11.3. The van der Waals surface area contributed by atoms with Crippen molar-refractivity contribution in [2.75, 3.05) is 5.32 Å². The Kier molecular flexibility index (Phi) is 3.64. The Morgan fingerprint density at radius 1 is 1.19 bits per heavy atom. The number of nitrogens with zero attached hydrogens (tertiary/aromatic N) is 1. The number of para-hydroxylation sites is 1. The Morgan fingerprint density at radius 2 is 2.05 bits per heavy atom. The summed E-state index contributed by atoms with van der Waals surface area (Å²) in [5.41, 5.74) is 2.02. The summed E-state index contributed by atoms with van der Waals surface area (Å²) < 4.78 is 13.5. The molecular weight excluding hydrogens is 269 g/mol. The molecule has 2 aromatic carbocycles. The van der Waals surface area contributed by atoms with Gasteiger partial charge in [-0.25, -0.2) is 4.39 Å². The van der Waals surface area contributed by atoms with Crippen LogP contribution in [-0.2, 0) is 11.2 Å². The van der Waals surface area contributed by atoms with Gasteiger partial charge in [0.25, 0.3) is 0 Å². The average molecular weight is 283 g/mol. The van der Waals surface area contributed by atoms with E-state index in [0.717, 1.165) is 10.9 Å². The Balaban J connectivity index is 1.67. The van der Waals surface area contributed by atoms with Crippen molar-refractivity contribution in [2.45, 2.75) is 12.8 Å². The maximum Gasteiger partial charge on any atom is 0.224 e. The largest absolute Gasteiger partial charge is 0.324 e. The molecule has 5 heteroatoms. The number of fused-ring (bicyclic) bond motifs is 1. The van der Waals surface area contributed by atoms with Crippen molar-refractivity contribution in [3.8, 4) is 0 Å². The molecule has 1 heterocycles. The predicted octanol–water partition coefficient (Wildman–Crippen LogP) is 3.27. The molecule has 3 rings (SSSR count). The van der Waals surface area contributed by atoms with Crippen LogP contribution in [0.3, 0.4) is 0 Å². The Hall–Kier alpha value is -2.69. The van der Waals surface area contributed by atoms with Gasteiger partial charge in [-0.15, -0.1) is 0 Å². The zero-order chi connectivity index (χ0) is 14.7. The summed E-state index contributed by atoms with van der Waals surface area (Å²) >= 11 is 0. The fourth-order valence-electron chi connectivity index (χ4n) is 2.24. The lowest BCUT2D eigenvalue weighted by molar-refractivity contribution is -0.116. The standard InChI is InChI=1S/C16H14FN3O/c17-13-6-2-1-4-11(13)8-9-15(21)19-14-7-3-5-12-10-18-20-16(12)14/h1-7,10H,8-9H2,(H,18,20)(H,19,21). The Bertz CT molecular complexity index is 782. The number of amides is 1. The van der Waals surface area contributed by atoms with Crippen LogP contribution in [0, 0.1) is 5.82 Å². The number of carbonyl (C=O) groups excluding carboxylic acids is 1. The first-order valence-electron chi connectivity index (χ1n) is 6.69. The average Bonchev–Trinajstić information content (AvgIpc) is 2.96. The van der Waals surface area contributed by atoms with Gasteiger partial charge in [0.1, 0.15) is 5.82 Å². The van der Waals surface area contributed by atoms with Gasteiger partial charge in [0, 0.05) is 11.8 Å². The van der Waals surface area contributed by atoms with Crippen LogP contribution in [0.1, 0.15) is 12.0 Å². The molecule has 0 aliphatic rings. The maximum absolute atomic E-state index is 13.5. The highest BCUT2D eigenvalue weighted by Crippen LogP contribution is 2.20. The smallest absolute Gasteiger partial charge is 0.224 e. The summed E-state index contributed by atoms with van der Waals surface area (Å²) in [6, 6.07) is 12.1. The van der Waals surface area contributed by atoms with Crippen LogP contribution in [0.2, 0.25) is 0 Å². The number of aryl methyl sites for hydroxylation is 1. The van der Waals surface area contributed by atoms with E-state index < -0.39 is 0 Å². The first kappa shape index (κ1) is 13.3. The minimum absolute atomic E-state index is 0.152. The van der Waals surface area contributed by atoms with Crippen LogP contribution < -0.4 is 5.32 Å². The molecule has 0 radical (unpaired) electrons. The fraction of sp³-hybridized carbons (Fsp3) is 0.125. The molecule has 0 aliphatic carbocycles. The van der Waals surface area contributed by atoms with Gasteiger partial charge in [0.15, 0.2) is 0 Å². The van der Waals surface area contributed by atoms with Gasteiger partial charge in [0.05, 0.1) is 17.4 Å². The lowest BCUT2D eigenvalue weighted by atomic mass is 10.1. The van der Waals surface area contributed by atoms with E-state index in [-0.39, 0.29) is 18.1 Å². The molecule has 3 aromatic rings. The second-order valence-corrected chi connectivity index (χ2v) is 4.78. The maximum atomic E-state index is 13.5. The highest BCUT2D eigenvalue weighted by molar-refractivity contribution is 6.00. The third-order valence-electron chi connectivity index (χ3n) is 3.33. The molecule has 0 bridgehead atoms. The molecule has 0 unspecified atom stereocenters. The molecule has 106 valence electrons. The molecule has 0 saturated carbocycles. The van der Waals surface area contributed by atoms with Gasteiger partial charge in [-0.05, 0) is 24.1 Å². The quantitative estimate of drug-likeness (QED) is 0.772. The third kappa shape index (κ3) is 2.91. The highest BCUT2D eigenvalue weighted by atomic mass is 19.1. The first-order valence-corrected chi connectivity index (χ1v) is 6.69. The van der Waals surface area contributed by atoms with Crippen molar-refractivity contribution in [1.29, 1.82) is 0 Å². The monoisotopic (exact) mass is 283 g/mol. The lowest BCUT2D eigenvalue weighted by Gasteiger charge is -2.06. The molecule has 0 atom stereocenters. The summed E-state index contributed by atoms with van der Waals surface area (Å²) in [4.78, 5) is 12.0. The van der Waals surface area contributed by atoms with Gasteiger partial charge < -0.3 is 5.32 Å². The van der Waals surface area contributed by atoms with Crippen molar-refractivity contribution in [3.63, 3.8) is 0 Å². The van der Waals surface area contributed by atoms with E-state index in [1.165, 1.54) is 6.07 Å². The number of hydrogen-bond acceptors (Lipinski definition) is 2. The van der Waals surface area contributed by atoms with E-state index in [1.807, 2.05) is 18.2 Å². The van der Waals surface area contributed by atoms with Crippen molar-refractivity contribution < 1.29 is 9.18 Å². The van der Waals surface area contributed by atoms with Crippen LogP contribution in [0.5, 0.6) is 0 Å². The predicted molar refractivity (Wildman–Crippen MR) is 79.4 cm³/mol. The van der Waals surface area contributed by atoms with Gasteiger partial charge in [-0.3, -0.25) is 9.89 Å². The number of rotatable bonds is 4. The number of aromatic amines is 1. The van der Waals surface area contributed by atoms with E-state index in [0.29, 0.717) is 17.7 Å². The molecule has 0 fully saturated rings. The van der Waals surface area contributed by atoms with E-state index >= 15 is 0 Å². The van der Waals surface area contributed by atoms with E-state index in [1.54, 1.807) is 24.4 Å². The number of nitrogens with one attached hydrogen (secondary N) is 2. The summed E-state index contributed by atoms with van der Waals surface area (Å²) in [6.07, 6.45) is 2.30. The molecule has 1 aromatic heterocycles. The van der Waals surface area contributed by atoms with Crippen LogP contribution in [-0.4, -0.2) is 16.1 Å². The van der Waals surface area contributed by atoms with Gasteiger partial charge >= 0.3 is 0 Å². The number of anilines is 1. The number of H-pyrrole nitrogens is 1. The number of benzene rings is 2. The topological polar surface area (TPSA) is 57.8 Å². The normalized spacial score (nSPS) is 10.7. The highest BCUT2D eigenvalue weighted by Gasteiger charge is 2.08. The lowest BCUT2D eigenvalue weighted by Crippen LogP contribution is -2.13. The molecule has 4 nitrogen and oxygen atoms in total.